The molecule has 0 bridgehead atoms. The summed E-state index contributed by atoms with van der Waals surface area (Å²) in [6.45, 7) is 7.77. The molecule has 0 saturated carbocycles. The fourth-order valence-corrected chi connectivity index (χ4v) is 5.27. The number of nitrogens with zero attached hydrogens (tertiary/aromatic N) is 1. The molecule has 1 N–H and O–H groups in total. The fraction of sp³-hybridized carbons (Fsp3) is 0.417. The zero-order valence-corrected chi connectivity index (χ0v) is 20.6. The van der Waals surface area contributed by atoms with Crippen LogP contribution in [0, 0.1) is 6.92 Å². The number of benzene rings is 2. The van der Waals surface area contributed by atoms with E-state index in [4.69, 9.17) is 9.47 Å². The van der Waals surface area contributed by atoms with E-state index in [1.807, 2.05) is 32.9 Å². The largest absolute Gasteiger partial charge is 0.496 e. The molecule has 0 spiro atoms. The van der Waals surface area contributed by atoms with Gasteiger partial charge in [0.1, 0.15) is 11.5 Å². The highest BCUT2D eigenvalue weighted by atomic mass is 32.2. The monoisotopic (exact) mass is 474 g/mol. The van der Waals surface area contributed by atoms with Crippen molar-refractivity contribution in [3.8, 4) is 11.5 Å². The van der Waals surface area contributed by atoms with Gasteiger partial charge >= 0.3 is 0 Å². The summed E-state index contributed by atoms with van der Waals surface area (Å²) in [7, 11) is -0.957. The molecule has 2 aromatic rings. The van der Waals surface area contributed by atoms with Gasteiger partial charge in [0.2, 0.25) is 21.8 Å². The zero-order chi connectivity index (χ0) is 24.5. The molecular weight excluding hydrogens is 444 g/mol. The van der Waals surface area contributed by atoms with Gasteiger partial charge in [0.15, 0.2) is 0 Å². The number of aryl methyl sites for hydroxylation is 1. The van der Waals surface area contributed by atoms with Crippen LogP contribution >= 0.6 is 0 Å². The molecule has 0 radical (unpaired) electrons. The van der Waals surface area contributed by atoms with E-state index in [2.05, 4.69) is 4.72 Å². The van der Waals surface area contributed by atoms with E-state index in [0.717, 1.165) is 27.3 Å². The predicted molar refractivity (Wildman–Crippen MR) is 125 cm³/mol. The van der Waals surface area contributed by atoms with Crippen LogP contribution in [0.15, 0.2) is 35.2 Å². The number of nitrogens with one attached hydrogen (secondary N) is 1. The molecule has 3 rings (SSSR count). The Kier molecular flexibility index (Phi) is 7.14. The normalized spacial score (nSPS) is 15.3. The average Bonchev–Trinajstić information content (AvgIpc) is 3.10. The van der Waals surface area contributed by atoms with E-state index in [0.29, 0.717) is 0 Å². The van der Waals surface area contributed by atoms with Gasteiger partial charge in [-0.25, -0.2) is 18.0 Å². The van der Waals surface area contributed by atoms with Crippen molar-refractivity contribution < 1.29 is 27.5 Å². The van der Waals surface area contributed by atoms with Crippen LogP contribution in [0.25, 0.3) is 0 Å². The molecule has 1 aliphatic heterocycles. The summed E-state index contributed by atoms with van der Waals surface area (Å²) in [5, 5.41) is 0. The molecular formula is C24H30N2O6S. The SMILES string of the molecule is COc1cc(C)c([C@@H](C)NS(=O)(=O)c2ccc(OC)c(N3C(=O)CCC3=O)c2)cc1C(C)C. The Hall–Kier alpha value is -2.91. The van der Waals surface area contributed by atoms with Gasteiger partial charge < -0.3 is 9.47 Å². The molecule has 178 valence electrons. The summed E-state index contributed by atoms with van der Waals surface area (Å²) in [4.78, 5) is 25.4. The third-order valence-corrected chi connectivity index (χ3v) is 7.33. The third kappa shape index (κ3) is 4.89. The summed E-state index contributed by atoms with van der Waals surface area (Å²) in [6, 6.07) is 7.48. The fourth-order valence-electron chi connectivity index (χ4n) is 4.03. The van der Waals surface area contributed by atoms with Gasteiger partial charge in [0, 0.05) is 18.9 Å². The minimum Gasteiger partial charge on any atom is -0.496 e. The summed E-state index contributed by atoms with van der Waals surface area (Å²) in [5.74, 6) is 0.440. The van der Waals surface area contributed by atoms with Crippen molar-refractivity contribution in [2.45, 2.75) is 57.4 Å². The summed E-state index contributed by atoms with van der Waals surface area (Å²) in [6.07, 6.45) is 0.173. The number of hydrogen-bond acceptors (Lipinski definition) is 6. The Morgan fingerprint density at radius 1 is 0.909 bits per heavy atom. The minimum absolute atomic E-state index is 0.0621. The molecule has 1 fully saturated rings. The molecule has 9 heteroatoms. The van der Waals surface area contributed by atoms with Crippen LogP contribution in [0.3, 0.4) is 0 Å². The first kappa shape index (κ1) is 24.7. The first-order chi connectivity index (χ1) is 15.5. The number of imide groups is 1. The molecule has 1 aliphatic rings. The lowest BCUT2D eigenvalue weighted by atomic mass is 9.94. The molecule has 0 unspecified atom stereocenters. The maximum absolute atomic E-state index is 13.2. The lowest BCUT2D eigenvalue weighted by Gasteiger charge is -2.22. The standard InChI is InChI=1S/C24H30N2O6S/c1-14(2)18-13-19(15(3)11-22(18)32-6)16(4)25-33(29,30)17-7-8-21(31-5)20(12-17)26-23(27)9-10-24(26)28/h7-8,11-14,16,25H,9-10H2,1-6H3/t16-/m1/s1. The molecule has 1 saturated heterocycles. The maximum atomic E-state index is 13.2. The van der Waals surface area contributed by atoms with E-state index >= 15 is 0 Å². The van der Waals surface area contributed by atoms with Crippen LogP contribution in [0.5, 0.6) is 11.5 Å². The van der Waals surface area contributed by atoms with Gasteiger partial charge in [-0.3, -0.25) is 9.59 Å². The van der Waals surface area contributed by atoms with E-state index in [1.165, 1.54) is 25.3 Å². The zero-order valence-electron chi connectivity index (χ0n) is 19.8. The van der Waals surface area contributed by atoms with Gasteiger partial charge in [-0.2, -0.15) is 0 Å². The van der Waals surface area contributed by atoms with E-state index in [9.17, 15) is 18.0 Å². The molecule has 1 atom stereocenters. The highest BCUT2D eigenvalue weighted by Crippen LogP contribution is 2.35. The van der Waals surface area contributed by atoms with Crippen LogP contribution in [0.1, 0.15) is 62.3 Å². The second-order valence-electron chi connectivity index (χ2n) is 8.40. The van der Waals surface area contributed by atoms with Crippen LogP contribution in [-0.4, -0.2) is 34.5 Å². The lowest BCUT2D eigenvalue weighted by molar-refractivity contribution is -0.121. The first-order valence-corrected chi connectivity index (χ1v) is 12.2. The Morgan fingerprint density at radius 2 is 1.52 bits per heavy atom. The van der Waals surface area contributed by atoms with Gasteiger partial charge in [-0.1, -0.05) is 13.8 Å². The molecule has 0 aromatic heterocycles. The van der Waals surface area contributed by atoms with Crippen molar-refractivity contribution >= 4 is 27.5 Å². The predicted octanol–water partition coefficient (Wildman–Crippen LogP) is 3.83. The number of carbonyl (C=O) groups is 2. The number of sulfonamides is 1. The summed E-state index contributed by atoms with van der Waals surface area (Å²) < 4.78 is 39.9. The Balaban J connectivity index is 1.97. The van der Waals surface area contributed by atoms with Crippen LogP contribution in [0.2, 0.25) is 0 Å². The van der Waals surface area contributed by atoms with E-state index in [1.54, 1.807) is 14.0 Å². The molecule has 2 aromatic carbocycles. The van der Waals surface area contributed by atoms with Gasteiger partial charge in [-0.05, 0) is 66.8 Å². The van der Waals surface area contributed by atoms with E-state index < -0.39 is 16.1 Å². The lowest BCUT2D eigenvalue weighted by Crippen LogP contribution is -2.30. The average molecular weight is 475 g/mol. The van der Waals surface area contributed by atoms with Crippen molar-refractivity contribution in [2.75, 3.05) is 19.1 Å². The minimum atomic E-state index is -3.97. The van der Waals surface area contributed by atoms with Gasteiger partial charge in [0.05, 0.1) is 24.8 Å². The van der Waals surface area contributed by atoms with Crippen LogP contribution in [0.4, 0.5) is 5.69 Å². The quantitative estimate of drug-likeness (QED) is 0.584. The Labute approximate surface area is 194 Å². The van der Waals surface area contributed by atoms with Crippen molar-refractivity contribution in [3.05, 3.63) is 47.0 Å². The van der Waals surface area contributed by atoms with E-state index in [-0.39, 0.29) is 46.9 Å². The molecule has 2 amide bonds. The second kappa shape index (κ2) is 9.52. The van der Waals surface area contributed by atoms with Gasteiger partial charge in [-0.15, -0.1) is 0 Å². The molecule has 8 nitrogen and oxygen atoms in total. The third-order valence-electron chi connectivity index (χ3n) is 5.79. The Bertz CT molecular complexity index is 1170. The number of hydrogen-bond donors (Lipinski definition) is 1. The molecule has 1 heterocycles. The summed E-state index contributed by atoms with van der Waals surface area (Å²) >= 11 is 0. The Morgan fingerprint density at radius 3 is 2.06 bits per heavy atom. The number of methoxy groups -OCH3 is 2. The smallest absolute Gasteiger partial charge is 0.241 e. The number of rotatable bonds is 8. The molecule has 33 heavy (non-hydrogen) atoms. The topological polar surface area (TPSA) is 102 Å². The van der Waals surface area contributed by atoms with Crippen molar-refractivity contribution in [2.24, 2.45) is 0 Å². The van der Waals surface area contributed by atoms with Crippen LogP contribution < -0.4 is 19.1 Å². The highest BCUT2D eigenvalue weighted by molar-refractivity contribution is 7.89. The maximum Gasteiger partial charge on any atom is 0.241 e. The van der Waals surface area contributed by atoms with Crippen molar-refractivity contribution in [1.82, 2.24) is 4.72 Å². The second-order valence-corrected chi connectivity index (χ2v) is 10.1. The van der Waals surface area contributed by atoms with Crippen LogP contribution in [-0.2, 0) is 19.6 Å². The molecule has 0 aliphatic carbocycles. The first-order valence-electron chi connectivity index (χ1n) is 10.7. The number of amides is 2. The van der Waals surface area contributed by atoms with Gasteiger partial charge in [0.25, 0.3) is 0 Å². The number of carbonyl (C=O) groups excluding carboxylic acids is 2. The van der Waals surface area contributed by atoms with Crippen molar-refractivity contribution in [3.63, 3.8) is 0 Å². The summed E-state index contributed by atoms with van der Waals surface area (Å²) in [5.41, 5.74) is 2.85. The number of anilines is 1. The highest BCUT2D eigenvalue weighted by Gasteiger charge is 2.33. The number of ether oxygens (including phenoxy) is 2. The van der Waals surface area contributed by atoms with Crippen molar-refractivity contribution in [1.29, 1.82) is 0 Å².